The normalized spacial score (nSPS) is 16.3. The second-order valence-corrected chi connectivity index (χ2v) is 5.07. The number of carbonyl (C=O) groups excluding carboxylic acids is 1. The molecule has 0 radical (unpaired) electrons. The monoisotopic (exact) mass is 283 g/mol. The maximum atomic E-state index is 12.2. The summed E-state index contributed by atoms with van der Waals surface area (Å²) < 4.78 is 5.75. The van der Waals surface area contributed by atoms with Gasteiger partial charge in [-0.3, -0.25) is 9.78 Å². The average Bonchev–Trinajstić information content (AvgIpc) is 2.53. The number of nitrogens with one attached hydrogen (secondary N) is 2. The third kappa shape index (κ3) is 3.13. The summed E-state index contributed by atoms with van der Waals surface area (Å²) in [6.45, 7) is 2.94. The molecular formula is C16H17N3O2. The fourth-order valence-corrected chi connectivity index (χ4v) is 2.23. The summed E-state index contributed by atoms with van der Waals surface area (Å²) in [7, 11) is 0. The summed E-state index contributed by atoms with van der Waals surface area (Å²) in [6.07, 6.45) is 2.92. The second kappa shape index (κ2) is 5.83. The zero-order valence-electron chi connectivity index (χ0n) is 11.8. The highest BCUT2D eigenvalue weighted by molar-refractivity contribution is 5.83. The predicted molar refractivity (Wildman–Crippen MR) is 80.2 cm³/mol. The molecule has 0 fully saturated rings. The summed E-state index contributed by atoms with van der Waals surface area (Å²) in [5.74, 6) is 0.589. The van der Waals surface area contributed by atoms with Crippen LogP contribution >= 0.6 is 0 Å². The van der Waals surface area contributed by atoms with Crippen LogP contribution in [-0.2, 0) is 11.3 Å². The van der Waals surface area contributed by atoms with Gasteiger partial charge in [-0.1, -0.05) is 12.1 Å². The van der Waals surface area contributed by atoms with Crippen molar-refractivity contribution in [2.75, 3.05) is 11.9 Å². The first-order valence-corrected chi connectivity index (χ1v) is 6.90. The molecule has 1 atom stereocenters. The van der Waals surface area contributed by atoms with Crippen LogP contribution in [0.4, 0.5) is 5.69 Å². The van der Waals surface area contributed by atoms with Gasteiger partial charge in [-0.15, -0.1) is 0 Å². The maximum absolute atomic E-state index is 12.2. The van der Waals surface area contributed by atoms with E-state index < -0.39 is 6.10 Å². The lowest BCUT2D eigenvalue weighted by Gasteiger charge is -2.26. The van der Waals surface area contributed by atoms with Gasteiger partial charge in [-0.25, -0.2) is 0 Å². The van der Waals surface area contributed by atoms with Crippen molar-refractivity contribution < 1.29 is 9.53 Å². The standard InChI is InChI=1S/C16H17N3O2/c1-11-4-5-14-13(7-11)18-10-15(21-14)16(20)19-9-12-3-2-6-17-8-12/h2-8,15,18H,9-10H2,1H3,(H,19,20). The SMILES string of the molecule is Cc1ccc2c(c1)NCC(C(=O)NCc1cccnc1)O2. The van der Waals surface area contributed by atoms with Gasteiger partial charge in [-0.05, 0) is 36.2 Å². The van der Waals surface area contributed by atoms with Crippen LogP contribution in [-0.4, -0.2) is 23.5 Å². The van der Waals surface area contributed by atoms with Crippen molar-refractivity contribution >= 4 is 11.6 Å². The molecule has 5 heteroatoms. The van der Waals surface area contributed by atoms with Crippen molar-refractivity contribution in [3.05, 3.63) is 53.9 Å². The van der Waals surface area contributed by atoms with Gasteiger partial charge in [0.2, 0.25) is 0 Å². The third-order valence-electron chi connectivity index (χ3n) is 3.36. The summed E-state index contributed by atoms with van der Waals surface area (Å²) >= 11 is 0. The molecule has 21 heavy (non-hydrogen) atoms. The van der Waals surface area contributed by atoms with Crippen LogP contribution < -0.4 is 15.4 Å². The molecule has 1 unspecified atom stereocenters. The lowest BCUT2D eigenvalue weighted by molar-refractivity contribution is -0.127. The number of hydrogen-bond acceptors (Lipinski definition) is 4. The molecule has 1 aromatic heterocycles. The minimum atomic E-state index is -0.517. The highest BCUT2D eigenvalue weighted by Crippen LogP contribution is 2.29. The van der Waals surface area contributed by atoms with Gasteiger partial charge in [0, 0.05) is 18.9 Å². The molecule has 5 nitrogen and oxygen atoms in total. The number of benzene rings is 1. The molecule has 3 rings (SSSR count). The van der Waals surface area contributed by atoms with Gasteiger partial charge in [0.1, 0.15) is 5.75 Å². The van der Waals surface area contributed by atoms with Gasteiger partial charge >= 0.3 is 0 Å². The van der Waals surface area contributed by atoms with Crippen LogP contribution in [0.15, 0.2) is 42.7 Å². The minimum absolute atomic E-state index is 0.127. The number of aromatic nitrogens is 1. The summed E-state index contributed by atoms with van der Waals surface area (Å²) in [5, 5.41) is 6.10. The lowest BCUT2D eigenvalue weighted by Crippen LogP contribution is -2.44. The zero-order chi connectivity index (χ0) is 14.7. The quantitative estimate of drug-likeness (QED) is 0.903. The molecule has 2 heterocycles. The Morgan fingerprint density at radius 1 is 1.48 bits per heavy atom. The fourth-order valence-electron chi connectivity index (χ4n) is 2.23. The van der Waals surface area contributed by atoms with E-state index in [9.17, 15) is 4.79 Å². The van der Waals surface area contributed by atoms with Gasteiger partial charge in [-0.2, -0.15) is 0 Å². The van der Waals surface area contributed by atoms with E-state index in [0.717, 1.165) is 16.8 Å². The first-order valence-electron chi connectivity index (χ1n) is 6.90. The summed E-state index contributed by atoms with van der Waals surface area (Å²) in [4.78, 5) is 16.2. The second-order valence-electron chi connectivity index (χ2n) is 5.07. The van der Waals surface area contributed by atoms with Crippen LogP contribution in [0.2, 0.25) is 0 Å². The molecule has 1 amide bonds. The lowest BCUT2D eigenvalue weighted by atomic mass is 10.1. The Morgan fingerprint density at radius 3 is 3.19 bits per heavy atom. The van der Waals surface area contributed by atoms with Crippen molar-refractivity contribution in [3.8, 4) is 5.75 Å². The smallest absolute Gasteiger partial charge is 0.263 e. The van der Waals surface area contributed by atoms with Crippen molar-refractivity contribution in [1.29, 1.82) is 0 Å². The Balaban J connectivity index is 1.60. The number of pyridine rings is 1. The van der Waals surface area contributed by atoms with Crippen LogP contribution in [0.5, 0.6) is 5.75 Å². The molecule has 0 spiro atoms. The number of ether oxygens (including phenoxy) is 1. The fraction of sp³-hybridized carbons (Fsp3) is 0.250. The summed E-state index contributed by atoms with van der Waals surface area (Å²) in [6, 6.07) is 9.64. The molecule has 0 saturated carbocycles. The number of nitrogens with zero attached hydrogens (tertiary/aromatic N) is 1. The molecule has 2 N–H and O–H groups in total. The predicted octanol–water partition coefficient (Wildman–Crippen LogP) is 1.88. The van der Waals surface area contributed by atoms with Crippen molar-refractivity contribution in [1.82, 2.24) is 10.3 Å². The molecule has 1 aromatic carbocycles. The molecule has 108 valence electrons. The first-order chi connectivity index (χ1) is 10.2. The number of carbonyl (C=O) groups is 1. The van der Waals surface area contributed by atoms with Gasteiger partial charge in [0.25, 0.3) is 5.91 Å². The van der Waals surface area contributed by atoms with Crippen molar-refractivity contribution in [3.63, 3.8) is 0 Å². The Morgan fingerprint density at radius 2 is 2.38 bits per heavy atom. The molecule has 1 aliphatic heterocycles. The number of fused-ring (bicyclic) bond motifs is 1. The molecular weight excluding hydrogens is 266 g/mol. The van der Waals surface area contributed by atoms with E-state index in [-0.39, 0.29) is 5.91 Å². The molecule has 0 bridgehead atoms. The largest absolute Gasteiger partial charge is 0.477 e. The van der Waals surface area contributed by atoms with Gasteiger partial charge in [0.05, 0.1) is 12.2 Å². The Labute approximate surface area is 123 Å². The van der Waals surface area contributed by atoms with Crippen LogP contribution in [0.1, 0.15) is 11.1 Å². The van der Waals surface area contributed by atoms with Crippen molar-refractivity contribution in [2.45, 2.75) is 19.6 Å². The summed E-state index contributed by atoms with van der Waals surface area (Å²) in [5.41, 5.74) is 3.06. The Hall–Kier alpha value is -2.56. The average molecular weight is 283 g/mol. The molecule has 0 saturated heterocycles. The number of aryl methyl sites for hydroxylation is 1. The van der Waals surface area contributed by atoms with Gasteiger partial charge in [0.15, 0.2) is 6.10 Å². The Bertz CT molecular complexity index is 643. The van der Waals surface area contributed by atoms with E-state index in [0.29, 0.717) is 18.8 Å². The van der Waals surface area contributed by atoms with Crippen LogP contribution in [0, 0.1) is 6.92 Å². The van der Waals surface area contributed by atoms with E-state index in [1.54, 1.807) is 12.4 Å². The third-order valence-corrected chi connectivity index (χ3v) is 3.36. The molecule has 0 aliphatic carbocycles. The number of rotatable bonds is 3. The highest BCUT2D eigenvalue weighted by atomic mass is 16.5. The number of hydrogen-bond donors (Lipinski definition) is 2. The van der Waals surface area contributed by atoms with E-state index in [4.69, 9.17) is 4.74 Å². The van der Waals surface area contributed by atoms with E-state index >= 15 is 0 Å². The van der Waals surface area contributed by atoms with Crippen LogP contribution in [0.25, 0.3) is 0 Å². The van der Waals surface area contributed by atoms with E-state index in [1.807, 2.05) is 37.3 Å². The molecule has 1 aliphatic rings. The first kappa shape index (κ1) is 13.4. The Kier molecular flexibility index (Phi) is 3.73. The van der Waals surface area contributed by atoms with E-state index in [1.165, 1.54) is 0 Å². The topological polar surface area (TPSA) is 63.2 Å². The number of anilines is 1. The van der Waals surface area contributed by atoms with Gasteiger partial charge < -0.3 is 15.4 Å². The van der Waals surface area contributed by atoms with Crippen LogP contribution in [0.3, 0.4) is 0 Å². The highest BCUT2D eigenvalue weighted by Gasteiger charge is 2.25. The van der Waals surface area contributed by atoms with E-state index in [2.05, 4.69) is 15.6 Å². The minimum Gasteiger partial charge on any atom is -0.477 e. The van der Waals surface area contributed by atoms with Crippen molar-refractivity contribution in [2.24, 2.45) is 0 Å². The number of amides is 1. The molecule has 2 aromatic rings. The zero-order valence-corrected chi connectivity index (χ0v) is 11.8. The maximum Gasteiger partial charge on any atom is 0.263 e.